The minimum absolute atomic E-state index is 0.262. The van der Waals surface area contributed by atoms with Crippen LogP contribution >= 0.6 is 0 Å². The molecule has 0 bridgehead atoms. The van der Waals surface area contributed by atoms with E-state index in [2.05, 4.69) is 27.7 Å². The fourth-order valence-corrected chi connectivity index (χ4v) is 4.18. The Hall–Kier alpha value is -0.120. The molecule has 1 fully saturated rings. The zero-order valence-corrected chi connectivity index (χ0v) is 18.3. The average molecular weight is 370 g/mol. The first-order chi connectivity index (χ1) is 12.5. The molecule has 3 nitrogen and oxygen atoms in total. The first kappa shape index (κ1) is 23.9. The lowest BCUT2D eigenvalue weighted by Crippen LogP contribution is -2.50. The summed E-state index contributed by atoms with van der Waals surface area (Å²) in [5.41, 5.74) is -0.696. The highest BCUT2D eigenvalue weighted by Crippen LogP contribution is 2.40. The quantitative estimate of drug-likeness (QED) is 0.286. The number of ether oxygens (including phenoxy) is 1. The molecule has 0 saturated carbocycles. The number of unbranched alkanes of at least 4 members (excludes halogenated alkanes) is 12. The third kappa shape index (κ3) is 8.27. The Bertz CT molecular complexity index is 325. The summed E-state index contributed by atoms with van der Waals surface area (Å²) < 4.78 is 6.23. The normalized spacial score (nSPS) is 19.3. The topological polar surface area (TPSA) is 32.7 Å². The Kier molecular flexibility index (Phi) is 12.1. The van der Waals surface area contributed by atoms with Crippen molar-refractivity contribution in [3.63, 3.8) is 0 Å². The van der Waals surface area contributed by atoms with Gasteiger partial charge in [-0.05, 0) is 39.5 Å². The highest BCUT2D eigenvalue weighted by Gasteiger charge is 2.50. The van der Waals surface area contributed by atoms with Crippen molar-refractivity contribution in [1.82, 2.24) is 5.06 Å². The molecule has 0 radical (unpaired) electrons. The van der Waals surface area contributed by atoms with Crippen LogP contribution in [0.2, 0.25) is 0 Å². The number of hydroxylamine groups is 2. The molecule has 156 valence electrons. The minimum atomic E-state index is -0.434. The third-order valence-corrected chi connectivity index (χ3v) is 6.00. The van der Waals surface area contributed by atoms with Crippen molar-refractivity contribution in [2.45, 2.75) is 142 Å². The highest BCUT2D eigenvalue weighted by molar-refractivity contribution is 4.93. The van der Waals surface area contributed by atoms with Gasteiger partial charge in [-0.25, -0.2) is 0 Å². The van der Waals surface area contributed by atoms with E-state index in [1.165, 1.54) is 77.0 Å². The predicted octanol–water partition coefficient (Wildman–Crippen LogP) is 7.46. The maximum absolute atomic E-state index is 10.8. The fraction of sp³-hybridized carbons (Fsp3) is 1.00. The summed E-state index contributed by atoms with van der Waals surface area (Å²) in [6, 6.07) is 0. The number of rotatable bonds is 16. The largest absolute Gasteiger partial charge is 0.356 e. The van der Waals surface area contributed by atoms with Gasteiger partial charge in [-0.15, -0.1) is 0 Å². The van der Waals surface area contributed by atoms with Crippen molar-refractivity contribution in [2.24, 2.45) is 0 Å². The molecule has 0 aromatic rings. The minimum Gasteiger partial charge on any atom is -0.356 e. The molecule has 3 heteroatoms. The van der Waals surface area contributed by atoms with Crippen molar-refractivity contribution in [3.8, 4) is 0 Å². The van der Waals surface area contributed by atoms with Crippen molar-refractivity contribution in [2.75, 3.05) is 6.61 Å². The number of nitrogens with zero attached hydrogens (tertiary/aromatic N) is 1. The predicted molar refractivity (Wildman–Crippen MR) is 112 cm³/mol. The van der Waals surface area contributed by atoms with E-state index in [9.17, 15) is 5.21 Å². The van der Waals surface area contributed by atoms with Crippen LogP contribution < -0.4 is 0 Å². The first-order valence-corrected chi connectivity index (χ1v) is 11.6. The van der Waals surface area contributed by atoms with E-state index < -0.39 is 5.72 Å². The van der Waals surface area contributed by atoms with Gasteiger partial charge in [0.2, 0.25) is 0 Å². The van der Waals surface area contributed by atoms with Gasteiger partial charge in [0.05, 0.1) is 12.1 Å². The Morgan fingerprint density at radius 3 is 1.42 bits per heavy atom. The lowest BCUT2D eigenvalue weighted by Gasteiger charge is -2.37. The average Bonchev–Trinajstić information content (AvgIpc) is 2.85. The Labute approximate surface area is 163 Å². The second-order valence-corrected chi connectivity index (χ2v) is 9.10. The van der Waals surface area contributed by atoms with Crippen LogP contribution in [0, 0.1) is 0 Å². The molecular formula is C23H47NO2. The van der Waals surface area contributed by atoms with Gasteiger partial charge in [-0.2, -0.15) is 5.06 Å². The molecule has 1 saturated heterocycles. The molecule has 0 atom stereocenters. The summed E-state index contributed by atoms with van der Waals surface area (Å²) in [7, 11) is 0. The molecule has 1 aliphatic heterocycles. The lowest BCUT2D eigenvalue weighted by molar-refractivity contribution is -0.256. The summed E-state index contributed by atoms with van der Waals surface area (Å²) in [5.74, 6) is 0. The molecule has 1 heterocycles. The molecule has 0 amide bonds. The summed E-state index contributed by atoms with van der Waals surface area (Å²) in [5, 5.41) is 12.4. The molecule has 0 aromatic carbocycles. The molecule has 1 aliphatic rings. The number of hydrogen-bond acceptors (Lipinski definition) is 3. The van der Waals surface area contributed by atoms with Gasteiger partial charge in [0, 0.05) is 0 Å². The highest BCUT2D eigenvalue weighted by atomic mass is 16.6. The van der Waals surface area contributed by atoms with Crippen LogP contribution in [-0.4, -0.2) is 28.1 Å². The van der Waals surface area contributed by atoms with E-state index in [0.29, 0.717) is 6.61 Å². The van der Waals surface area contributed by atoms with Crippen LogP contribution in [0.4, 0.5) is 0 Å². The maximum atomic E-state index is 10.8. The molecule has 0 spiro atoms. The van der Waals surface area contributed by atoms with Crippen LogP contribution in [0.5, 0.6) is 0 Å². The van der Waals surface area contributed by atoms with E-state index >= 15 is 0 Å². The summed E-state index contributed by atoms with van der Waals surface area (Å²) in [6.45, 7) is 9.34. The standard InChI is InChI=1S/C23H47NO2/c1-5-7-9-11-13-15-17-19-23(24(25)22(3,4)21-26-23)20-18-16-14-12-10-8-6-2/h25H,5-21H2,1-4H3. The second-order valence-electron chi connectivity index (χ2n) is 9.10. The molecule has 0 aromatic heterocycles. The Morgan fingerprint density at radius 2 is 1.08 bits per heavy atom. The van der Waals surface area contributed by atoms with Gasteiger partial charge >= 0.3 is 0 Å². The third-order valence-electron chi connectivity index (χ3n) is 6.00. The smallest absolute Gasteiger partial charge is 0.144 e. The fourth-order valence-electron chi connectivity index (χ4n) is 4.18. The Balaban J connectivity index is 2.34. The molecular weight excluding hydrogens is 322 g/mol. The van der Waals surface area contributed by atoms with Crippen LogP contribution in [0.15, 0.2) is 0 Å². The zero-order chi connectivity index (χ0) is 19.3. The van der Waals surface area contributed by atoms with Crippen LogP contribution in [0.1, 0.15) is 130 Å². The van der Waals surface area contributed by atoms with Gasteiger partial charge in [-0.1, -0.05) is 90.9 Å². The number of hydrogen-bond donors (Lipinski definition) is 1. The van der Waals surface area contributed by atoms with Gasteiger partial charge in [-0.3, -0.25) is 0 Å². The Morgan fingerprint density at radius 1 is 0.692 bits per heavy atom. The first-order valence-electron chi connectivity index (χ1n) is 11.6. The van der Waals surface area contributed by atoms with Gasteiger partial charge < -0.3 is 9.94 Å². The monoisotopic (exact) mass is 369 g/mol. The zero-order valence-electron chi connectivity index (χ0n) is 18.3. The summed E-state index contributed by atoms with van der Waals surface area (Å²) in [4.78, 5) is 0. The van der Waals surface area contributed by atoms with Gasteiger partial charge in [0.1, 0.15) is 5.72 Å². The van der Waals surface area contributed by atoms with Crippen molar-refractivity contribution in [3.05, 3.63) is 0 Å². The van der Waals surface area contributed by atoms with E-state index in [4.69, 9.17) is 4.74 Å². The molecule has 1 rings (SSSR count). The molecule has 26 heavy (non-hydrogen) atoms. The maximum Gasteiger partial charge on any atom is 0.144 e. The van der Waals surface area contributed by atoms with Crippen LogP contribution in [-0.2, 0) is 4.74 Å². The van der Waals surface area contributed by atoms with E-state index in [1.807, 2.05) is 0 Å². The van der Waals surface area contributed by atoms with E-state index in [1.54, 1.807) is 5.06 Å². The van der Waals surface area contributed by atoms with Gasteiger partial charge in [0.25, 0.3) is 0 Å². The van der Waals surface area contributed by atoms with E-state index in [0.717, 1.165) is 25.7 Å². The van der Waals surface area contributed by atoms with Crippen molar-refractivity contribution in [1.29, 1.82) is 0 Å². The van der Waals surface area contributed by atoms with Crippen LogP contribution in [0.25, 0.3) is 0 Å². The van der Waals surface area contributed by atoms with Crippen molar-refractivity contribution < 1.29 is 9.94 Å². The van der Waals surface area contributed by atoms with Crippen molar-refractivity contribution >= 4 is 0 Å². The van der Waals surface area contributed by atoms with Crippen LogP contribution in [0.3, 0.4) is 0 Å². The molecule has 1 N–H and O–H groups in total. The van der Waals surface area contributed by atoms with E-state index in [-0.39, 0.29) is 5.54 Å². The SMILES string of the molecule is CCCCCCCCCC1(CCCCCCCCC)OCC(C)(C)N1O. The second kappa shape index (κ2) is 13.1. The molecule has 0 unspecified atom stereocenters. The molecule has 0 aliphatic carbocycles. The van der Waals surface area contributed by atoms with Gasteiger partial charge in [0.15, 0.2) is 0 Å². The summed E-state index contributed by atoms with van der Waals surface area (Å²) >= 11 is 0. The summed E-state index contributed by atoms with van der Waals surface area (Å²) in [6.07, 6.45) is 20.2. The lowest BCUT2D eigenvalue weighted by atomic mass is 9.95.